The molecule has 0 fully saturated rings. The van der Waals surface area contributed by atoms with Gasteiger partial charge in [-0.15, -0.1) is 11.8 Å². The highest BCUT2D eigenvalue weighted by Gasteiger charge is 2.12. The third kappa shape index (κ3) is 5.75. The summed E-state index contributed by atoms with van der Waals surface area (Å²) in [5.41, 5.74) is 6.62. The maximum absolute atomic E-state index is 11.7. The molecule has 1 unspecified atom stereocenters. The Morgan fingerprint density at radius 3 is 2.76 bits per heavy atom. The molecule has 0 aliphatic heterocycles. The van der Waals surface area contributed by atoms with E-state index in [1.165, 1.54) is 5.56 Å². The van der Waals surface area contributed by atoms with Crippen molar-refractivity contribution in [2.75, 3.05) is 13.1 Å². The molecule has 0 heterocycles. The molecule has 94 valence electrons. The van der Waals surface area contributed by atoms with Crippen LogP contribution in [0.5, 0.6) is 0 Å². The van der Waals surface area contributed by atoms with Gasteiger partial charge in [0.25, 0.3) is 0 Å². The molecule has 0 aliphatic rings. The average Bonchev–Trinajstić information content (AvgIpc) is 2.37. The Morgan fingerprint density at radius 1 is 1.41 bits per heavy atom. The lowest BCUT2D eigenvalue weighted by atomic mass is 10.2. The number of nitrogens with two attached hydrogens (primary N) is 1. The van der Waals surface area contributed by atoms with E-state index >= 15 is 0 Å². The normalized spacial score (nSPS) is 12.1. The van der Waals surface area contributed by atoms with Crippen LogP contribution in [0.15, 0.2) is 30.3 Å². The van der Waals surface area contributed by atoms with E-state index in [1.54, 1.807) is 11.8 Å². The molecule has 4 heteroatoms. The van der Waals surface area contributed by atoms with E-state index in [4.69, 9.17) is 5.73 Å². The lowest BCUT2D eigenvalue weighted by Gasteiger charge is -2.11. The standard InChI is InChI=1S/C13H20N2OS/c1-11(13(16)15-9-5-8-14)17-10-12-6-3-2-4-7-12/h2-4,6-7,11H,5,8-10,14H2,1H3,(H,15,16). The van der Waals surface area contributed by atoms with Gasteiger partial charge in [0, 0.05) is 12.3 Å². The summed E-state index contributed by atoms with van der Waals surface area (Å²) in [4.78, 5) is 11.7. The number of benzene rings is 1. The first-order chi connectivity index (χ1) is 8.24. The molecule has 17 heavy (non-hydrogen) atoms. The van der Waals surface area contributed by atoms with Crippen LogP contribution in [0.25, 0.3) is 0 Å². The van der Waals surface area contributed by atoms with E-state index in [-0.39, 0.29) is 11.2 Å². The van der Waals surface area contributed by atoms with Crippen molar-refractivity contribution in [3.8, 4) is 0 Å². The molecule has 3 N–H and O–H groups in total. The number of hydrogen-bond acceptors (Lipinski definition) is 3. The van der Waals surface area contributed by atoms with Crippen molar-refractivity contribution >= 4 is 17.7 Å². The van der Waals surface area contributed by atoms with Gasteiger partial charge in [0.2, 0.25) is 5.91 Å². The van der Waals surface area contributed by atoms with E-state index < -0.39 is 0 Å². The highest BCUT2D eigenvalue weighted by Crippen LogP contribution is 2.17. The Hall–Kier alpha value is -1.00. The number of amides is 1. The van der Waals surface area contributed by atoms with E-state index in [9.17, 15) is 4.79 Å². The third-order valence-electron chi connectivity index (χ3n) is 2.39. The fourth-order valence-corrected chi connectivity index (χ4v) is 2.20. The molecule has 0 bridgehead atoms. The summed E-state index contributed by atoms with van der Waals surface area (Å²) in [7, 11) is 0. The van der Waals surface area contributed by atoms with Gasteiger partial charge in [-0.1, -0.05) is 30.3 Å². The zero-order valence-electron chi connectivity index (χ0n) is 10.2. The van der Waals surface area contributed by atoms with E-state index in [0.717, 1.165) is 12.2 Å². The van der Waals surface area contributed by atoms with E-state index in [2.05, 4.69) is 17.4 Å². The van der Waals surface area contributed by atoms with Crippen LogP contribution in [0.2, 0.25) is 0 Å². The second kappa shape index (κ2) is 8.14. The van der Waals surface area contributed by atoms with Crippen molar-refractivity contribution in [2.24, 2.45) is 5.73 Å². The van der Waals surface area contributed by atoms with Crippen molar-refractivity contribution in [3.63, 3.8) is 0 Å². The summed E-state index contributed by atoms with van der Waals surface area (Å²) in [5, 5.41) is 2.86. The van der Waals surface area contributed by atoms with Crippen LogP contribution in [0, 0.1) is 0 Å². The second-order valence-electron chi connectivity index (χ2n) is 3.87. The number of carbonyl (C=O) groups excluding carboxylic acids is 1. The fraction of sp³-hybridized carbons (Fsp3) is 0.462. The Morgan fingerprint density at radius 2 is 2.12 bits per heavy atom. The minimum atomic E-state index is -0.0204. The smallest absolute Gasteiger partial charge is 0.232 e. The minimum Gasteiger partial charge on any atom is -0.355 e. The predicted octanol–water partition coefficient (Wildman–Crippen LogP) is 1.77. The molecule has 1 rings (SSSR count). The Bertz CT molecular complexity index is 329. The molecule has 0 saturated heterocycles. The second-order valence-corrected chi connectivity index (χ2v) is 5.20. The van der Waals surface area contributed by atoms with Gasteiger partial charge >= 0.3 is 0 Å². The highest BCUT2D eigenvalue weighted by molar-refractivity contribution is 7.99. The Kier molecular flexibility index (Phi) is 6.74. The first kappa shape index (κ1) is 14.1. The van der Waals surface area contributed by atoms with E-state index in [0.29, 0.717) is 13.1 Å². The third-order valence-corrected chi connectivity index (χ3v) is 3.61. The molecule has 0 aliphatic carbocycles. The van der Waals surface area contributed by atoms with Crippen molar-refractivity contribution in [3.05, 3.63) is 35.9 Å². The van der Waals surface area contributed by atoms with Crippen LogP contribution >= 0.6 is 11.8 Å². The summed E-state index contributed by atoms with van der Waals surface area (Å²) in [5.74, 6) is 0.964. The summed E-state index contributed by atoms with van der Waals surface area (Å²) in [6, 6.07) is 10.2. The lowest BCUT2D eigenvalue weighted by molar-refractivity contribution is -0.120. The molecule has 0 spiro atoms. The maximum atomic E-state index is 11.7. The quantitative estimate of drug-likeness (QED) is 0.727. The fourth-order valence-electron chi connectivity index (χ4n) is 1.33. The zero-order valence-corrected chi connectivity index (χ0v) is 11.0. The van der Waals surface area contributed by atoms with Crippen molar-refractivity contribution in [1.29, 1.82) is 0 Å². The molecule has 1 amide bonds. The van der Waals surface area contributed by atoms with Gasteiger partial charge in [0.15, 0.2) is 0 Å². The molecular weight excluding hydrogens is 232 g/mol. The van der Waals surface area contributed by atoms with Gasteiger partial charge in [-0.25, -0.2) is 0 Å². The SMILES string of the molecule is CC(SCc1ccccc1)C(=O)NCCCN. The summed E-state index contributed by atoms with van der Waals surface area (Å²) >= 11 is 1.65. The van der Waals surface area contributed by atoms with Gasteiger partial charge in [-0.05, 0) is 25.5 Å². The molecule has 0 radical (unpaired) electrons. The largest absolute Gasteiger partial charge is 0.355 e. The van der Waals surface area contributed by atoms with Gasteiger partial charge in [0.1, 0.15) is 0 Å². The van der Waals surface area contributed by atoms with Crippen LogP contribution in [-0.4, -0.2) is 24.2 Å². The molecule has 0 saturated carbocycles. The van der Waals surface area contributed by atoms with Gasteiger partial charge < -0.3 is 11.1 Å². The minimum absolute atomic E-state index is 0.0204. The zero-order chi connectivity index (χ0) is 12.5. The summed E-state index contributed by atoms with van der Waals surface area (Å²) < 4.78 is 0. The summed E-state index contributed by atoms with van der Waals surface area (Å²) in [6.45, 7) is 3.22. The molecule has 1 aromatic rings. The molecule has 3 nitrogen and oxygen atoms in total. The van der Waals surface area contributed by atoms with Crippen molar-refractivity contribution < 1.29 is 4.79 Å². The molecular formula is C13H20N2OS. The molecule has 1 aromatic carbocycles. The van der Waals surface area contributed by atoms with Crippen LogP contribution in [0.4, 0.5) is 0 Å². The first-order valence-electron chi connectivity index (χ1n) is 5.87. The number of nitrogens with one attached hydrogen (secondary N) is 1. The lowest BCUT2D eigenvalue weighted by Crippen LogP contribution is -2.32. The predicted molar refractivity (Wildman–Crippen MR) is 73.9 cm³/mol. The van der Waals surface area contributed by atoms with Crippen LogP contribution in [0.3, 0.4) is 0 Å². The van der Waals surface area contributed by atoms with Crippen LogP contribution in [0.1, 0.15) is 18.9 Å². The highest BCUT2D eigenvalue weighted by atomic mass is 32.2. The monoisotopic (exact) mass is 252 g/mol. The maximum Gasteiger partial charge on any atom is 0.232 e. The van der Waals surface area contributed by atoms with Gasteiger partial charge in [-0.3, -0.25) is 4.79 Å². The van der Waals surface area contributed by atoms with Gasteiger partial charge in [-0.2, -0.15) is 0 Å². The number of carbonyl (C=O) groups is 1. The van der Waals surface area contributed by atoms with Crippen LogP contribution in [-0.2, 0) is 10.5 Å². The number of hydrogen-bond donors (Lipinski definition) is 2. The Balaban J connectivity index is 2.24. The molecule has 1 atom stereocenters. The average molecular weight is 252 g/mol. The van der Waals surface area contributed by atoms with Crippen molar-refractivity contribution in [2.45, 2.75) is 24.3 Å². The van der Waals surface area contributed by atoms with Gasteiger partial charge in [0.05, 0.1) is 5.25 Å². The number of rotatable bonds is 7. The first-order valence-corrected chi connectivity index (χ1v) is 6.92. The Labute approximate surface area is 107 Å². The summed E-state index contributed by atoms with van der Waals surface area (Å²) in [6.07, 6.45) is 0.835. The van der Waals surface area contributed by atoms with E-state index in [1.807, 2.05) is 25.1 Å². The van der Waals surface area contributed by atoms with Crippen LogP contribution < -0.4 is 11.1 Å². The topological polar surface area (TPSA) is 55.1 Å². The number of thioether (sulfide) groups is 1. The van der Waals surface area contributed by atoms with Crippen molar-refractivity contribution in [1.82, 2.24) is 5.32 Å². The molecule has 0 aromatic heterocycles.